The molecule has 0 atom stereocenters. The van der Waals surface area contributed by atoms with Crippen molar-refractivity contribution in [2.75, 3.05) is 21.1 Å². The molecule has 1 aromatic carbocycles. The van der Waals surface area contributed by atoms with E-state index in [1.165, 1.54) is 193 Å². The van der Waals surface area contributed by atoms with E-state index in [0.29, 0.717) is 0 Å². The normalized spacial score (nSPS) is 12.3. The number of quaternary nitrogens is 1. The summed E-state index contributed by atoms with van der Waals surface area (Å²) in [7, 11) is 7.02. The van der Waals surface area contributed by atoms with E-state index in [0.717, 1.165) is 11.0 Å². The average Bonchev–Trinajstić information content (AvgIpc) is 3.04. The zero-order valence-electron chi connectivity index (χ0n) is 32.9. The Hall–Kier alpha value is -1.34. The maximum absolute atomic E-state index is 2.45. The molecule has 0 saturated heterocycles. The Morgan fingerprint density at radius 1 is 0.404 bits per heavy atom. The Morgan fingerprint density at radius 3 is 1.15 bits per heavy atom. The highest BCUT2D eigenvalue weighted by Gasteiger charge is 2.15. The van der Waals surface area contributed by atoms with Gasteiger partial charge in [-0.2, -0.15) is 0 Å². The lowest BCUT2D eigenvalue weighted by molar-refractivity contribution is -0.884. The van der Waals surface area contributed by atoms with Crippen molar-refractivity contribution in [3.63, 3.8) is 0 Å². The minimum absolute atomic E-state index is 1.01. The van der Waals surface area contributed by atoms with Gasteiger partial charge < -0.3 is 4.48 Å². The van der Waals surface area contributed by atoms with Crippen LogP contribution in [0.5, 0.6) is 0 Å². The van der Waals surface area contributed by atoms with Crippen LogP contribution in [-0.4, -0.2) is 25.6 Å². The first-order valence-corrected chi connectivity index (χ1v) is 21.2. The smallest absolute Gasteiger partial charge is 0.104 e. The monoisotopic (exact) mass is 651 g/mol. The lowest BCUT2D eigenvalue weighted by Gasteiger charge is -2.26. The molecule has 0 radical (unpaired) electrons. The quantitative estimate of drug-likeness (QED) is 0.0395. The lowest BCUT2D eigenvalue weighted by Crippen LogP contribution is -2.33. The maximum atomic E-state index is 2.45. The van der Waals surface area contributed by atoms with Crippen LogP contribution in [0, 0.1) is 0 Å². The van der Waals surface area contributed by atoms with E-state index >= 15 is 0 Å². The molecule has 0 aromatic heterocycles. The van der Waals surface area contributed by atoms with Gasteiger partial charge in [-0.15, -0.1) is 0 Å². The molecular formula is C46H84N+. The summed E-state index contributed by atoms with van der Waals surface area (Å²) in [5, 5.41) is 0. The molecule has 1 aromatic rings. The summed E-state index contributed by atoms with van der Waals surface area (Å²) in [6, 6.07) is 7.21. The second kappa shape index (κ2) is 31.9. The predicted octanol–water partition coefficient (Wildman–Crippen LogP) is 15.1. The van der Waals surface area contributed by atoms with Gasteiger partial charge in [0.2, 0.25) is 0 Å². The van der Waals surface area contributed by atoms with Gasteiger partial charge in [0, 0.05) is 5.56 Å². The molecule has 0 bridgehead atoms. The molecule has 1 nitrogen and oxygen atoms in total. The molecule has 1 rings (SSSR count). The Bertz CT molecular complexity index is 856. The van der Waals surface area contributed by atoms with Gasteiger partial charge >= 0.3 is 0 Å². The molecule has 1 heteroatoms. The van der Waals surface area contributed by atoms with E-state index in [-0.39, 0.29) is 0 Å². The summed E-state index contributed by atoms with van der Waals surface area (Å²) in [5.41, 5.74) is 4.95. The van der Waals surface area contributed by atoms with Gasteiger partial charge in [0.15, 0.2) is 0 Å². The standard InChI is InChI=1S/C46H84N/c1-6-8-10-12-14-16-18-20-22-24-26-28-30-32-34-36-39-44-40-38-41-45(43-47(3,4)5)46(44)42-37-35-33-31-29-27-25-23-21-19-17-15-13-11-9-7-2/h20-23,38,40-41H,6-19,24-37,39,42-43H2,1-5H3/q+1/b22-20-,23-21-. The first kappa shape index (κ1) is 43.7. The SMILES string of the molecule is CCCCCCCC/C=C\CCCCCCCCc1cccc(C[N+](C)(C)C)c1CCCCCCCC/C=C\CCCCCCCC. The van der Waals surface area contributed by atoms with Crippen molar-refractivity contribution in [3.05, 3.63) is 59.2 Å². The summed E-state index contributed by atoms with van der Waals surface area (Å²) in [5.74, 6) is 0. The number of hydrogen-bond acceptors (Lipinski definition) is 0. The number of benzene rings is 1. The van der Waals surface area contributed by atoms with Crippen molar-refractivity contribution < 1.29 is 4.48 Å². The molecule has 0 amide bonds. The van der Waals surface area contributed by atoms with Gasteiger partial charge in [-0.25, -0.2) is 0 Å². The van der Waals surface area contributed by atoms with Crippen LogP contribution in [0.15, 0.2) is 42.5 Å². The Labute approximate surface area is 297 Å². The van der Waals surface area contributed by atoms with Crippen LogP contribution in [0.25, 0.3) is 0 Å². The second-order valence-electron chi connectivity index (χ2n) is 15.9. The van der Waals surface area contributed by atoms with Crippen LogP contribution in [0.3, 0.4) is 0 Å². The van der Waals surface area contributed by atoms with Crippen LogP contribution in [0.2, 0.25) is 0 Å². The zero-order chi connectivity index (χ0) is 34.1. The fraction of sp³-hybridized carbons (Fsp3) is 0.783. The van der Waals surface area contributed by atoms with Crippen LogP contribution in [0.1, 0.15) is 210 Å². The average molecular weight is 651 g/mol. The third-order valence-electron chi connectivity index (χ3n) is 9.91. The van der Waals surface area contributed by atoms with Gasteiger partial charge in [0.05, 0.1) is 21.1 Å². The topological polar surface area (TPSA) is 0 Å². The summed E-state index contributed by atoms with van der Waals surface area (Å²) >= 11 is 0. The largest absolute Gasteiger partial charge is 0.327 e. The first-order valence-electron chi connectivity index (χ1n) is 21.2. The van der Waals surface area contributed by atoms with Crippen LogP contribution >= 0.6 is 0 Å². The van der Waals surface area contributed by atoms with Gasteiger partial charge in [0.25, 0.3) is 0 Å². The third kappa shape index (κ3) is 28.2. The highest BCUT2D eigenvalue weighted by molar-refractivity contribution is 5.35. The van der Waals surface area contributed by atoms with E-state index in [1.807, 2.05) is 0 Å². The molecule has 0 aliphatic carbocycles. The molecule has 0 unspecified atom stereocenters. The fourth-order valence-electron chi connectivity index (χ4n) is 7.01. The minimum Gasteiger partial charge on any atom is -0.327 e. The van der Waals surface area contributed by atoms with E-state index in [1.54, 1.807) is 16.7 Å². The summed E-state index contributed by atoms with van der Waals surface area (Å²) in [6.45, 7) is 5.74. The molecule has 0 spiro atoms. The van der Waals surface area contributed by atoms with Gasteiger partial charge in [-0.3, -0.25) is 0 Å². The summed E-state index contributed by atoms with van der Waals surface area (Å²) in [4.78, 5) is 0. The Balaban J connectivity index is 2.23. The molecule has 0 aliphatic heterocycles. The summed E-state index contributed by atoms with van der Waals surface area (Å²) < 4.78 is 1.01. The Morgan fingerprint density at radius 2 is 0.745 bits per heavy atom. The number of allylic oxidation sites excluding steroid dienone is 4. The number of rotatable bonds is 34. The molecule has 272 valence electrons. The number of aryl methyl sites for hydroxylation is 1. The second-order valence-corrected chi connectivity index (χ2v) is 15.9. The van der Waals surface area contributed by atoms with Crippen molar-refractivity contribution in [2.45, 2.75) is 213 Å². The van der Waals surface area contributed by atoms with E-state index in [9.17, 15) is 0 Å². The fourth-order valence-corrected chi connectivity index (χ4v) is 7.01. The molecule has 47 heavy (non-hydrogen) atoms. The first-order chi connectivity index (χ1) is 23.0. The minimum atomic E-state index is 1.01. The van der Waals surface area contributed by atoms with Crippen molar-refractivity contribution in [1.82, 2.24) is 0 Å². The molecule has 0 fully saturated rings. The van der Waals surface area contributed by atoms with Crippen molar-refractivity contribution >= 4 is 0 Å². The highest BCUT2D eigenvalue weighted by Crippen LogP contribution is 2.24. The van der Waals surface area contributed by atoms with Crippen molar-refractivity contribution in [2.24, 2.45) is 0 Å². The molecule has 0 aliphatic rings. The number of hydrogen-bond donors (Lipinski definition) is 0. The van der Waals surface area contributed by atoms with Crippen molar-refractivity contribution in [1.29, 1.82) is 0 Å². The zero-order valence-corrected chi connectivity index (χ0v) is 32.9. The van der Waals surface area contributed by atoms with E-state index in [4.69, 9.17) is 0 Å². The van der Waals surface area contributed by atoms with Gasteiger partial charge in [-0.1, -0.05) is 172 Å². The summed E-state index contributed by atoms with van der Waals surface area (Å²) in [6.07, 6.45) is 51.1. The van der Waals surface area contributed by atoms with Crippen LogP contribution in [-0.2, 0) is 19.4 Å². The van der Waals surface area contributed by atoms with E-state index in [2.05, 4.69) is 77.5 Å². The maximum Gasteiger partial charge on any atom is 0.104 e. The Kier molecular flexibility index (Phi) is 29.6. The lowest BCUT2D eigenvalue weighted by atomic mass is 9.92. The molecule has 0 saturated carbocycles. The highest BCUT2D eigenvalue weighted by atomic mass is 15.3. The van der Waals surface area contributed by atoms with Gasteiger partial charge in [0.1, 0.15) is 6.54 Å². The van der Waals surface area contributed by atoms with E-state index < -0.39 is 0 Å². The molecule has 0 heterocycles. The predicted molar refractivity (Wildman–Crippen MR) is 214 cm³/mol. The van der Waals surface area contributed by atoms with Crippen LogP contribution in [0.4, 0.5) is 0 Å². The van der Waals surface area contributed by atoms with Gasteiger partial charge in [-0.05, 0) is 88.2 Å². The molecular weight excluding hydrogens is 567 g/mol. The van der Waals surface area contributed by atoms with Crippen molar-refractivity contribution in [3.8, 4) is 0 Å². The van der Waals surface area contributed by atoms with Crippen LogP contribution < -0.4 is 0 Å². The molecule has 0 N–H and O–H groups in total. The third-order valence-corrected chi connectivity index (χ3v) is 9.91. The number of unbranched alkanes of at least 4 members (excludes halogenated alkanes) is 24. The number of nitrogens with zero attached hydrogens (tertiary/aromatic N) is 1.